The molecule has 0 spiro atoms. The van der Waals surface area contributed by atoms with E-state index >= 15 is 8.78 Å². The molecule has 0 atom stereocenters. The molecule has 0 unspecified atom stereocenters. The van der Waals surface area contributed by atoms with Crippen LogP contribution in [0.4, 0.5) is 30.5 Å². The fourth-order valence-corrected chi connectivity index (χ4v) is 3.99. The maximum absolute atomic E-state index is 15.3. The average Bonchev–Trinajstić information content (AvgIpc) is 3.37. The summed E-state index contributed by atoms with van der Waals surface area (Å²) in [4.78, 5) is 24.5. The van der Waals surface area contributed by atoms with Crippen molar-refractivity contribution in [2.45, 2.75) is 6.92 Å². The van der Waals surface area contributed by atoms with Gasteiger partial charge in [0.05, 0.1) is 25.5 Å². The van der Waals surface area contributed by atoms with Gasteiger partial charge in [0.1, 0.15) is 17.2 Å². The third kappa shape index (κ3) is 4.11. The first kappa shape index (κ1) is 23.9. The quantitative estimate of drug-likeness (QED) is 0.330. The van der Waals surface area contributed by atoms with Gasteiger partial charge in [-0.25, -0.2) is 23.1 Å². The van der Waals surface area contributed by atoms with Crippen LogP contribution < -0.4 is 20.1 Å². The number of hydrogen-bond donors (Lipinski definition) is 2. The summed E-state index contributed by atoms with van der Waals surface area (Å²) < 4.78 is 56.8. The molecule has 5 rings (SSSR count). The highest BCUT2D eigenvalue weighted by Gasteiger charge is 2.25. The lowest BCUT2D eigenvalue weighted by atomic mass is 10.0. The maximum Gasteiger partial charge on any atom is 0.229 e. The molecule has 0 aliphatic rings. The molecule has 9 nitrogen and oxygen atoms in total. The van der Waals surface area contributed by atoms with Crippen LogP contribution in [0.15, 0.2) is 48.9 Å². The van der Waals surface area contributed by atoms with E-state index in [0.717, 1.165) is 6.07 Å². The molecule has 3 aromatic heterocycles. The SMILES string of the molecule is COc1cc(OC)c(F)c(-c2cc3cnc(Nc4c(F)cccc4NC(C)=O)nc3n3ccnc23)c1F. The molecule has 2 N–H and O–H groups in total. The van der Waals surface area contributed by atoms with Gasteiger partial charge in [-0.3, -0.25) is 9.20 Å². The lowest BCUT2D eigenvalue weighted by Gasteiger charge is -2.15. The van der Waals surface area contributed by atoms with Crippen LogP contribution in [0, 0.1) is 17.5 Å². The predicted octanol–water partition coefficient (Wildman–Crippen LogP) is 5.08. The van der Waals surface area contributed by atoms with Crippen LogP contribution in [-0.2, 0) is 4.79 Å². The van der Waals surface area contributed by atoms with Crippen molar-refractivity contribution < 1.29 is 27.4 Å². The molecule has 0 radical (unpaired) electrons. The second kappa shape index (κ2) is 9.30. The summed E-state index contributed by atoms with van der Waals surface area (Å²) in [5, 5.41) is 5.76. The minimum Gasteiger partial charge on any atom is -0.494 e. The van der Waals surface area contributed by atoms with Crippen LogP contribution >= 0.6 is 0 Å². The lowest BCUT2D eigenvalue weighted by Crippen LogP contribution is -2.10. The highest BCUT2D eigenvalue weighted by Crippen LogP contribution is 2.40. The van der Waals surface area contributed by atoms with E-state index in [1.807, 2.05) is 0 Å². The fraction of sp³-hybridized carbons (Fsp3) is 0.120. The molecular formula is C25H19F3N6O3. The topological polar surface area (TPSA) is 103 Å². The van der Waals surface area contributed by atoms with E-state index in [1.165, 1.54) is 62.2 Å². The number of imidazole rings is 1. The number of halogens is 3. The summed E-state index contributed by atoms with van der Waals surface area (Å²) in [5.41, 5.74) is 0.455. The Labute approximate surface area is 207 Å². The van der Waals surface area contributed by atoms with E-state index in [0.29, 0.717) is 11.0 Å². The molecule has 1 amide bonds. The van der Waals surface area contributed by atoms with Crippen molar-refractivity contribution >= 4 is 39.9 Å². The number of ether oxygens (including phenoxy) is 2. The van der Waals surface area contributed by atoms with Crippen molar-refractivity contribution in [3.63, 3.8) is 0 Å². The number of pyridine rings is 1. The van der Waals surface area contributed by atoms with Crippen molar-refractivity contribution in [3.05, 3.63) is 66.4 Å². The van der Waals surface area contributed by atoms with Gasteiger partial charge in [0.15, 0.2) is 28.8 Å². The van der Waals surface area contributed by atoms with Gasteiger partial charge >= 0.3 is 0 Å². The summed E-state index contributed by atoms with van der Waals surface area (Å²) >= 11 is 0. The number of carbonyl (C=O) groups is 1. The normalized spacial score (nSPS) is 11.1. The predicted molar refractivity (Wildman–Crippen MR) is 131 cm³/mol. The third-order valence-electron chi connectivity index (χ3n) is 5.61. The Morgan fingerprint density at radius 2 is 1.73 bits per heavy atom. The Bertz CT molecular complexity index is 1660. The van der Waals surface area contributed by atoms with Crippen LogP contribution in [0.3, 0.4) is 0 Å². The first-order chi connectivity index (χ1) is 17.8. The molecule has 5 aromatic rings. The first-order valence-corrected chi connectivity index (χ1v) is 10.9. The largest absolute Gasteiger partial charge is 0.494 e. The number of hydrogen-bond acceptors (Lipinski definition) is 7. The molecule has 37 heavy (non-hydrogen) atoms. The lowest BCUT2D eigenvalue weighted by molar-refractivity contribution is -0.114. The fourth-order valence-electron chi connectivity index (χ4n) is 3.99. The number of nitrogens with one attached hydrogen (secondary N) is 2. The van der Waals surface area contributed by atoms with Crippen molar-refractivity contribution in [1.82, 2.24) is 19.4 Å². The number of rotatable bonds is 6. The number of amides is 1. The molecule has 0 aliphatic heterocycles. The number of methoxy groups -OCH3 is 2. The first-order valence-electron chi connectivity index (χ1n) is 10.9. The standard InChI is InChI=1S/C25H19F3N6O3/c1-12(35)31-16-6-4-5-15(26)22(16)32-25-30-11-13-9-14(24-29-7-8-34(24)23(13)33-25)19-20(27)17(36-2)10-18(37-3)21(19)28/h4-11H,1-3H3,(H,31,35)(H,30,32,33). The number of carbonyl (C=O) groups excluding carboxylic acids is 1. The molecule has 0 bridgehead atoms. The van der Waals surface area contributed by atoms with Gasteiger partial charge in [-0.2, -0.15) is 4.98 Å². The smallest absolute Gasteiger partial charge is 0.229 e. The van der Waals surface area contributed by atoms with E-state index < -0.39 is 17.5 Å². The van der Waals surface area contributed by atoms with E-state index in [9.17, 15) is 9.18 Å². The molecule has 0 saturated carbocycles. The zero-order chi connectivity index (χ0) is 26.3. The summed E-state index contributed by atoms with van der Waals surface area (Å²) in [5.74, 6) is -3.23. The van der Waals surface area contributed by atoms with Crippen molar-refractivity contribution in [3.8, 4) is 22.6 Å². The van der Waals surface area contributed by atoms with Crippen molar-refractivity contribution in [2.24, 2.45) is 0 Å². The molecule has 188 valence electrons. The van der Waals surface area contributed by atoms with Gasteiger partial charge in [-0.15, -0.1) is 0 Å². The zero-order valence-corrected chi connectivity index (χ0v) is 19.8. The summed E-state index contributed by atoms with van der Waals surface area (Å²) in [6.07, 6.45) is 4.43. The molecular weight excluding hydrogens is 489 g/mol. The molecule has 2 aromatic carbocycles. The number of aromatic nitrogens is 4. The highest BCUT2D eigenvalue weighted by molar-refractivity contribution is 5.94. The Hall–Kier alpha value is -4.87. The molecule has 0 saturated heterocycles. The van der Waals surface area contributed by atoms with E-state index in [1.54, 1.807) is 6.20 Å². The van der Waals surface area contributed by atoms with Crippen molar-refractivity contribution in [2.75, 3.05) is 24.9 Å². The zero-order valence-electron chi connectivity index (χ0n) is 19.8. The van der Waals surface area contributed by atoms with Gasteiger partial charge in [-0.1, -0.05) is 6.07 Å². The number of anilines is 3. The van der Waals surface area contributed by atoms with Crippen LogP contribution in [-0.4, -0.2) is 39.5 Å². The van der Waals surface area contributed by atoms with E-state index in [4.69, 9.17) is 9.47 Å². The van der Waals surface area contributed by atoms with Gasteiger partial charge < -0.3 is 20.1 Å². The van der Waals surface area contributed by atoms with E-state index in [2.05, 4.69) is 25.6 Å². The summed E-state index contributed by atoms with van der Waals surface area (Å²) in [6, 6.07) is 6.82. The second-order valence-electron chi connectivity index (χ2n) is 7.90. The monoisotopic (exact) mass is 508 g/mol. The average molecular weight is 508 g/mol. The molecule has 3 heterocycles. The second-order valence-corrected chi connectivity index (χ2v) is 7.90. The number of fused-ring (bicyclic) bond motifs is 3. The Kier molecular flexibility index (Phi) is 5.99. The minimum absolute atomic E-state index is 0.0207. The Morgan fingerprint density at radius 3 is 2.41 bits per heavy atom. The number of nitrogens with zero attached hydrogens (tertiary/aromatic N) is 4. The Morgan fingerprint density at radius 1 is 1.00 bits per heavy atom. The van der Waals surface area contributed by atoms with Crippen LogP contribution in [0.1, 0.15) is 6.92 Å². The van der Waals surface area contributed by atoms with Gasteiger partial charge in [0.2, 0.25) is 11.9 Å². The summed E-state index contributed by atoms with van der Waals surface area (Å²) in [7, 11) is 2.53. The number of para-hydroxylation sites is 1. The van der Waals surface area contributed by atoms with Crippen LogP contribution in [0.2, 0.25) is 0 Å². The summed E-state index contributed by atoms with van der Waals surface area (Å²) in [6.45, 7) is 1.30. The highest BCUT2D eigenvalue weighted by atomic mass is 19.1. The van der Waals surface area contributed by atoms with Gasteiger partial charge in [0, 0.05) is 42.5 Å². The molecule has 0 aliphatic carbocycles. The minimum atomic E-state index is -0.922. The van der Waals surface area contributed by atoms with E-state index in [-0.39, 0.29) is 51.5 Å². The third-order valence-corrected chi connectivity index (χ3v) is 5.61. The van der Waals surface area contributed by atoms with Crippen LogP contribution in [0.5, 0.6) is 11.5 Å². The maximum atomic E-state index is 15.3. The molecule has 12 heteroatoms. The van der Waals surface area contributed by atoms with Gasteiger partial charge in [0.25, 0.3) is 0 Å². The van der Waals surface area contributed by atoms with Gasteiger partial charge in [-0.05, 0) is 18.2 Å². The molecule has 0 fully saturated rings. The van der Waals surface area contributed by atoms with Crippen molar-refractivity contribution in [1.29, 1.82) is 0 Å². The number of benzene rings is 2. The Balaban J connectivity index is 1.67. The van der Waals surface area contributed by atoms with Crippen LogP contribution in [0.25, 0.3) is 27.8 Å².